The van der Waals surface area contributed by atoms with Crippen LogP contribution in [0, 0.1) is 5.41 Å². The van der Waals surface area contributed by atoms with Gasteiger partial charge in [0, 0.05) is 25.2 Å². The van der Waals surface area contributed by atoms with Crippen molar-refractivity contribution in [1.29, 1.82) is 0 Å². The normalized spacial score (nSPS) is 37.0. The van der Waals surface area contributed by atoms with Crippen LogP contribution in [-0.2, 0) is 4.74 Å². The van der Waals surface area contributed by atoms with Crippen LogP contribution in [0.4, 0.5) is 0 Å². The highest BCUT2D eigenvalue weighted by Gasteiger charge is 2.47. The van der Waals surface area contributed by atoms with E-state index in [1.54, 1.807) is 0 Å². The second-order valence-electron chi connectivity index (χ2n) is 6.94. The van der Waals surface area contributed by atoms with Crippen molar-refractivity contribution in [3.05, 3.63) is 0 Å². The van der Waals surface area contributed by atoms with Crippen molar-refractivity contribution < 1.29 is 4.74 Å². The predicted octanol–water partition coefficient (Wildman–Crippen LogP) is 2.39. The third-order valence-electron chi connectivity index (χ3n) is 4.91. The standard InChI is InChI=1S/C15H30N2O/c1-4-18-13-6-5-9-17(10-13)15(12-16)8-7-14(2,3)11-15/h13H,4-12,16H2,1-3H3. The Kier molecular flexibility index (Phi) is 4.35. The summed E-state index contributed by atoms with van der Waals surface area (Å²) >= 11 is 0. The molecule has 2 atom stereocenters. The summed E-state index contributed by atoms with van der Waals surface area (Å²) in [5, 5.41) is 0. The van der Waals surface area contributed by atoms with E-state index in [2.05, 4.69) is 25.7 Å². The highest BCUT2D eigenvalue weighted by Crippen LogP contribution is 2.46. The van der Waals surface area contributed by atoms with Gasteiger partial charge >= 0.3 is 0 Å². The Morgan fingerprint density at radius 3 is 2.67 bits per heavy atom. The number of piperidine rings is 1. The third-order valence-corrected chi connectivity index (χ3v) is 4.91. The zero-order chi connectivity index (χ0) is 13.2. The number of likely N-dealkylation sites (tertiary alicyclic amines) is 1. The highest BCUT2D eigenvalue weighted by atomic mass is 16.5. The first-order chi connectivity index (χ1) is 8.51. The Morgan fingerprint density at radius 1 is 1.33 bits per heavy atom. The molecule has 2 N–H and O–H groups in total. The van der Waals surface area contributed by atoms with Crippen LogP contribution < -0.4 is 5.73 Å². The Morgan fingerprint density at radius 2 is 2.11 bits per heavy atom. The quantitative estimate of drug-likeness (QED) is 0.837. The van der Waals surface area contributed by atoms with E-state index in [-0.39, 0.29) is 5.54 Å². The van der Waals surface area contributed by atoms with Gasteiger partial charge in [0.05, 0.1) is 6.10 Å². The minimum absolute atomic E-state index is 0.249. The molecule has 2 aliphatic rings. The molecular weight excluding hydrogens is 224 g/mol. The minimum Gasteiger partial charge on any atom is -0.377 e. The summed E-state index contributed by atoms with van der Waals surface area (Å²) in [5.74, 6) is 0. The number of nitrogens with zero attached hydrogens (tertiary/aromatic N) is 1. The molecule has 0 amide bonds. The molecule has 0 aromatic heterocycles. The van der Waals surface area contributed by atoms with Crippen LogP contribution in [0.3, 0.4) is 0 Å². The van der Waals surface area contributed by atoms with Crippen LogP contribution in [0.5, 0.6) is 0 Å². The van der Waals surface area contributed by atoms with Crippen LogP contribution in [0.25, 0.3) is 0 Å². The maximum atomic E-state index is 6.16. The van der Waals surface area contributed by atoms with Gasteiger partial charge in [0.15, 0.2) is 0 Å². The zero-order valence-electron chi connectivity index (χ0n) is 12.4. The van der Waals surface area contributed by atoms with Crippen LogP contribution in [0.1, 0.15) is 52.9 Å². The first-order valence-electron chi connectivity index (χ1n) is 7.58. The van der Waals surface area contributed by atoms with Gasteiger partial charge in [-0.2, -0.15) is 0 Å². The number of rotatable bonds is 4. The fourth-order valence-corrected chi connectivity index (χ4v) is 3.95. The van der Waals surface area contributed by atoms with E-state index in [9.17, 15) is 0 Å². The van der Waals surface area contributed by atoms with Gasteiger partial charge in [-0.3, -0.25) is 4.90 Å². The molecule has 1 heterocycles. The van der Waals surface area contributed by atoms with Gasteiger partial charge in [0.2, 0.25) is 0 Å². The van der Waals surface area contributed by atoms with Gasteiger partial charge < -0.3 is 10.5 Å². The lowest BCUT2D eigenvalue weighted by atomic mass is 9.85. The number of hydrogen-bond donors (Lipinski definition) is 1. The molecule has 3 heteroatoms. The maximum Gasteiger partial charge on any atom is 0.0702 e. The molecule has 2 unspecified atom stereocenters. The average molecular weight is 254 g/mol. The fraction of sp³-hybridized carbons (Fsp3) is 1.00. The van der Waals surface area contributed by atoms with Crippen LogP contribution in [0.15, 0.2) is 0 Å². The Hall–Kier alpha value is -0.120. The van der Waals surface area contributed by atoms with E-state index in [0.29, 0.717) is 11.5 Å². The molecule has 1 aliphatic heterocycles. The zero-order valence-corrected chi connectivity index (χ0v) is 12.4. The molecule has 18 heavy (non-hydrogen) atoms. The van der Waals surface area contributed by atoms with E-state index >= 15 is 0 Å². The molecule has 1 aliphatic carbocycles. The van der Waals surface area contributed by atoms with Crippen molar-refractivity contribution in [3.63, 3.8) is 0 Å². The molecule has 3 nitrogen and oxygen atoms in total. The molecule has 1 saturated carbocycles. The second-order valence-corrected chi connectivity index (χ2v) is 6.94. The monoisotopic (exact) mass is 254 g/mol. The topological polar surface area (TPSA) is 38.5 Å². The summed E-state index contributed by atoms with van der Waals surface area (Å²) in [5.41, 5.74) is 6.86. The molecule has 2 rings (SSSR count). The van der Waals surface area contributed by atoms with Crippen molar-refractivity contribution in [2.75, 3.05) is 26.2 Å². The number of hydrogen-bond acceptors (Lipinski definition) is 3. The minimum atomic E-state index is 0.249. The predicted molar refractivity (Wildman–Crippen MR) is 75.6 cm³/mol. The van der Waals surface area contributed by atoms with Gasteiger partial charge in [-0.25, -0.2) is 0 Å². The summed E-state index contributed by atoms with van der Waals surface area (Å²) in [6.07, 6.45) is 6.71. The smallest absolute Gasteiger partial charge is 0.0702 e. The molecule has 0 bridgehead atoms. The van der Waals surface area contributed by atoms with Crippen LogP contribution in [-0.4, -0.2) is 42.8 Å². The van der Waals surface area contributed by atoms with E-state index < -0.39 is 0 Å². The van der Waals surface area contributed by atoms with E-state index in [1.807, 2.05) is 0 Å². The Balaban J connectivity index is 2.04. The summed E-state index contributed by atoms with van der Waals surface area (Å²) in [6, 6.07) is 0. The molecule has 0 spiro atoms. The SMILES string of the molecule is CCOC1CCCN(C2(CN)CCC(C)(C)C2)C1. The van der Waals surface area contributed by atoms with Crippen LogP contribution in [0.2, 0.25) is 0 Å². The summed E-state index contributed by atoms with van der Waals surface area (Å²) < 4.78 is 5.83. The first kappa shape index (κ1) is 14.3. The van der Waals surface area contributed by atoms with Crippen molar-refractivity contribution >= 4 is 0 Å². The molecule has 2 fully saturated rings. The molecular formula is C15H30N2O. The molecule has 106 valence electrons. The van der Waals surface area contributed by atoms with Crippen molar-refractivity contribution in [2.24, 2.45) is 11.1 Å². The summed E-state index contributed by atoms with van der Waals surface area (Å²) in [6.45, 7) is 10.8. The van der Waals surface area contributed by atoms with Gasteiger partial charge in [0.25, 0.3) is 0 Å². The lowest BCUT2D eigenvalue weighted by Crippen LogP contribution is -2.57. The van der Waals surface area contributed by atoms with Gasteiger partial charge in [0.1, 0.15) is 0 Å². The van der Waals surface area contributed by atoms with E-state index in [1.165, 1.54) is 38.6 Å². The largest absolute Gasteiger partial charge is 0.377 e. The summed E-state index contributed by atoms with van der Waals surface area (Å²) in [7, 11) is 0. The van der Waals surface area contributed by atoms with Crippen molar-refractivity contribution in [3.8, 4) is 0 Å². The van der Waals surface area contributed by atoms with Gasteiger partial charge in [-0.1, -0.05) is 13.8 Å². The Bertz CT molecular complexity index is 278. The van der Waals surface area contributed by atoms with Crippen molar-refractivity contribution in [2.45, 2.75) is 64.5 Å². The van der Waals surface area contributed by atoms with Gasteiger partial charge in [-0.05, 0) is 51.0 Å². The van der Waals surface area contributed by atoms with Crippen molar-refractivity contribution in [1.82, 2.24) is 4.90 Å². The average Bonchev–Trinajstić information content (AvgIpc) is 2.67. The lowest BCUT2D eigenvalue weighted by molar-refractivity contribution is -0.0335. The van der Waals surface area contributed by atoms with E-state index in [0.717, 1.165) is 19.7 Å². The highest BCUT2D eigenvalue weighted by molar-refractivity contribution is 5.03. The van der Waals surface area contributed by atoms with E-state index in [4.69, 9.17) is 10.5 Å². The Labute approximate surface area is 112 Å². The van der Waals surface area contributed by atoms with Crippen LogP contribution >= 0.6 is 0 Å². The molecule has 1 saturated heterocycles. The first-order valence-corrected chi connectivity index (χ1v) is 7.58. The number of nitrogens with two attached hydrogens (primary N) is 1. The molecule has 0 radical (unpaired) electrons. The fourth-order valence-electron chi connectivity index (χ4n) is 3.95. The molecule has 0 aromatic carbocycles. The summed E-state index contributed by atoms with van der Waals surface area (Å²) in [4.78, 5) is 2.64. The third kappa shape index (κ3) is 2.89. The number of ether oxygens (including phenoxy) is 1. The maximum absolute atomic E-state index is 6.16. The van der Waals surface area contributed by atoms with Gasteiger partial charge in [-0.15, -0.1) is 0 Å². The second kappa shape index (κ2) is 5.48. The molecule has 0 aromatic rings. The lowest BCUT2D eigenvalue weighted by Gasteiger charge is -2.45.